The number of alkyl halides is 1. The first kappa shape index (κ1) is 13.6. The molecule has 0 fully saturated rings. The van der Waals surface area contributed by atoms with Gasteiger partial charge in [0.25, 0.3) is 0 Å². The summed E-state index contributed by atoms with van der Waals surface area (Å²) in [5.41, 5.74) is 2.26. The number of rotatable bonds is 5. The Hall–Kier alpha value is -2.34. The van der Waals surface area contributed by atoms with E-state index in [9.17, 15) is 4.79 Å². The number of halogens is 1. The van der Waals surface area contributed by atoms with E-state index in [1.165, 1.54) is 10.1 Å². The van der Waals surface area contributed by atoms with E-state index in [4.69, 9.17) is 11.6 Å². The molecule has 2 N–H and O–H groups in total. The fraction of sp³-hybridized carbons (Fsp3) is 0.214. The lowest BCUT2D eigenvalue weighted by Crippen LogP contribution is -2.13. The van der Waals surface area contributed by atoms with E-state index >= 15 is 0 Å². The highest BCUT2D eigenvalue weighted by molar-refractivity contribution is 6.17. The summed E-state index contributed by atoms with van der Waals surface area (Å²) in [7, 11) is 0. The van der Waals surface area contributed by atoms with Gasteiger partial charge in [-0.2, -0.15) is 9.61 Å². The van der Waals surface area contributed by atoms with Gasteiger partial charge in [0, 0.05) is 11.6 Å². The van der Waals surface area contributed by atoms with Crippen molar-refractivity contribution in [3.8, 4) is 0 Å². The van der Waals surface area contributed by atoms with Crippen molar-refractivity contribution < 1.29 is 0 Å². The minimum absolute atomic E-state index is 0.357. The minimum Gasteiger partial charge on any atom is -0.339 e. The number of H-pyrrole nitrogens is 1. The number of aromatic nitrogens is 4. The number of fused-ring (bicyclic) bond motifs is 1. The second-order valence-electron chi connectivity index (χ2n) is 4.64. The van der Waals surface area contributed by atoms with E-state index in [-0.39, 0.29) is 5.69 Å². The first-order valence-electron chi connectivity index (χ1n) is 6.63. The Bertz CT molecular complexity index is 810. The summed E-state index contributed by atoms with van der Waals surface area (Å²) in [5, 5.41) is 13.6. The van der Waals surface area contributed by atoms with Crippen LogP contribution in [0.3, 0.4) is 0 Å². The summed E-state index contributed by atoms with van der Waals surface area (Å²) < 4.78 is 1.22. The smallest absolute Gasteiger partial charge is 0.339 e. The van der Waals surface area contributed by atoms with Crippen molar-refractivity contribution in [2.45, 2.75) is 12.8 Å². The molecular weight excluding hydrogens is 290 g/mol. The number of aryl methyl sites for hydroxylation is 1. The van der Waals surface area contributed by atoms with Crippen LogP contribution in [-0.4, -0.2) is 25.7 Å². The third kappa shape index (κ3) is 3.05. The second-order valence-corrected chi connectivity index (χ2v) is 5.01. The van der Waals surface area contributed by atoms with Crippen LogP contribution in [0.2, 0.25) is 0 Å². The van der Waals surface area contributed by atoms with E-state index in [1.807, 2.05) is 12.1 Å². The van der Waals surface area contributed by atoms with Crippen LogP contribution in [0.4, 0.5) is 11.5 Å². The molecule has 3 rings (SSSR count). The number of benzene rings is 1. The van der Waals surface area contributed by atoms with Crippen LogP contribution in [-0.2, 0) is 6.42 Å². The normalized spacial score (nSPS) is 10.9. The van der Waals surface area contributed by atoms with Crippen LogP contribution in [0, 0.1) is 0 Å². The molecule has 0 atom stereocenters. The fourth-order valence-corrected chi connectivity index (χ4v) is 2.23. The number of hydrogen-bond acceptors (Lipinski definition) is 4. The lowest BCUT2D eigenvalue weighted by molar-refractivity contribution is 0.884. The Balaban J connectivity index is 1.84. The van der Waals surface area contributed by atoms with E-state index in [0.29, 0.717) is 17.3 Å². The summed E-state index contributed by atoms with van der Waals surface area (Å²) in [6.07, 6.45) is 1.88. The molecule has 0 radical (unpaired) electrons. The highest BCUT2D eigenvalue weighted by atomic mass is 35.5. The van der Waals surface area contributed by atoms with Crippen molar-refractivity contribution in [3.05, 3.63) is 52.4 Å². The first-order valence-corrected chi connectivity index (χ1v) is 7.16. The third-order valence-corrected chi connectivity index (χ3v) is 3.34. The molecule has 108 valence electrons. The molecule has 0 unspecified atom stereocenters. The molecule has 3 aromatic rings. The van der Waals surface area contributed by atoms with Gasteiger partial charge in [-0.05, 0) is 42.7 Å². The monoisotopic (exact) mass is 303 g/mol. The largest absolute Gasteiger partial charge is 0.364 e. The Morgan fingerprint density at radius 3 is 3.05 bits per heavy atom. The van der Waals surface area contributed by atoms with Gasteiger partial charge in [0.15, 0.2) is 11.5 Å². The number of nitrogens with one attached hydrogen (secondary N) is 2. The van der Waals surface area contributed by atoms with E-state index in [2.05, 4.69) is 32.7 Å². The molecule has 21 heavy (non-hydrogen) atoms. The van der Waals surface area contributed by atoms with Gasteiger partial charge in [-0.1, -0.05) is 12.1 Å². The predicted molar refractivity (Wildman–Crippen MR) is 82.4 cm³/mol. The van der Waals surface area contributed by atoms with Gasteiger partial charge in [-0.15, -0.1) is 16.7 Å². The predicted octanol–water partition coefficient (Wildman–Crippen LogP) is 2.33. The standard InChI is InChI=1S/C14H14ClN5O/c15-8-2-4-10-3-1-5-11(9-10)16-12-6-7-13-17-18-14(21)20(13)19-12/h1,3,5-7,9H,2,4,8H2,(H,16,19)(H,18,21). The van der Waals surface area contributed by atoms with E-state index in [0.717, 1.165) is 18.5 Å². The molecular formula is C14H14ClN5O. The van der Waals surface area contributed by atoms with Crippen LogP contribution in [0.15, 0.2) is 41.2 Å². The van der Waals surface area contributed by atoms with Crippen LogP contribution in [0.25, 0.3) is 5.65 Å². The lowest BCUT2D eigenvalue weighted by Gasteiger charge is -2.07. The zero-order valence-corrected chi connectivity index (χ0v) is 12.0. The molecule has 7 heteroatoms. The Morgan fingerprint density at radius 2 is 2.19 bits per heavy atom. The van der Waals surface area contributed by atoms with Crippen molar-refractivity contribution in [3.63, 3.8) is 0 Å². The lowest BCUT2D eigenvalue weighted by atomic mass is 10.1. The molecule has 2 aromatic heterocycles. The molecule has 0 aliphatic heterocycles. The molecule has 6 nitrogen and oxygen atoms in total. The van der Waals surface area contributed by atoms with Gasteiger partial charge in [0.1, 0.15) is 0 Å². The van der Waals surface area contributed by atoms with Crippen molar-refractivity contribution in [1.29, 1.82) is 0 Å². The molecule has 0 aliphatic rings. The maximum Gasteiger partial charge on any atom is 0.364 e. The molecule has 0 aliphatic carbocycles. The summed E-state index contributed by atoms with van der Waals surface area (Å²) in [5.74, 6) is 1.24. The number of nitrogens with zero attached hydrogens (tertiary/aromatic N) is 3. The topological polar surface area (TPSA) is 75.1 Å². The zero-order valence-electron chi connectivity index (χ0n) is 11.2. The molecule has 0 bridgehead atoms. The van der Waals surface area contributed by atoms with Gasteiger partial charge >= 0.3 is 5.69 Å². The molecule has 0 saturated heterocycles. The van der Waals surface area contributed by atoms with Gasteiger partial charge in [-0.25, -0.2) is 9.89 Å². The number of hydrogen-bond donors (Lipinski definition) is 2. The molecule has 1 aromatic carbocycles. The van der Waals surface area contributed by atoms with E-state index < -0.39 is 0 Å². The van der Waals surface area contributed by atoms with Crippen LogP contribution in [0.5, 0.6) is 0 Å². The third-order valence-electron chi connectivity index (χ3n) is 3.07. The van der Waals surface area contributed by atoms with Crippen molar-refractivity contribution >= 4 is 28.8 Å². The number of aromatic amines is 1. The van der Waals surface area contributed by atoms with Crippen molar-refractivity contribution in [2.75, 3.05) is 11.2 Å². The highest BCUT2D eigenvalue weighted by Crippen LogP contribution is 2.17. The van der Waals surface area contributed by atoms with Gasteiger partial charge in [-0.3, -0.25) is 0 Å². The van der Waals surface area contributed by atoms with Gasteiger partial charge in [0.2, 0.25) is 0 Å². The summed E-state index contributed by atoms with van der Waals surface area (Å²) in [6.45, 7) is 0. The van der Waals surface area contributed by atoms with Gasteiger partial charge < -0.3 is 5.32 Å². The Labute approximate surface area is 125 Å². The molecule has 0 spiro atoms. The van der Waals surface area contributed by atoms with Crippen LogP contribution in [0.1, 0.15) is 12.0 Å². The number of anilines is 2. The van der Waals surface area contributed by atoms with Crippen LogP contribution >= 0.6 is 11.6 Å². The maximum atomic E-state index is 11.5. The minimum atomic E-state index is -0.357. The molecule has 0 saturated carbocycles. The van der Waals surface area contributed by atoms with Crippen molar-refractivity contribution in [2.24, 2.45) is 0 Å². The van der Waals surface area contributed by atoms with Gasteiger partial charge in [0.05, 0.1) is 0 Å². The SMILES string of the molecule is O=c1[nH]nc2ccc(Nc3cccc(CCCCl)c3)nn12. The second kappa shape index (κ2) is 5.97. The fourth-order valence-electron chi connectivity index (χ4n) is 2.09. The average molecular weight is 304 g/mol. The quantitative estimate of drug-likeness (QED) is 0.709. The molecule has 2 heterocycles. The van der Waals surface area contributed by atoms with Crippen molar-refractivity contribution in [1.82, 2.24) is 19.8 Å². The Morgan fingerprint density at radius 1 is 1.29 bits per heavy atom. The average Bonchev–Trinajstić information content (AvgIpc) is 2.87. The first-order chi connectivity index (χ1) is 10.3. The van der Waals surface area contributed by atoms with Crippen LogP contribution < -0.4 is 11.0 Å². The van der Waals surface area contributed by atoms with E-state index in [1.54, 1.807) is 12.1 Å². The zero-order chi connectivity index (χ0) is 14.7. The summed E-state index contributed by atoms with van der Waals surface area (Å²) in [4.78, 5) is 11.5. The highest BCUT2D eigenvalue weighted by Gasteiger charge is 2.03. The Kier molecular flexibility index (Phi) is 3.87. The molecule has 0 amide bonds. The maximum absolute atomic E-state index is 11.5. The summed E-state index contributed by atoms with van der Waals surface area (Å²) >= 11 is 5.71. The summed E-state index contributed by atoms with van der Waals surface area (Å²) in [6, 6.07) is 11.6.